The van der Waals surface area contributed by atoms with Crippen LogP contribution in [0.2, 0.25) is 0 Å². The Morgan fingerprint density at radius 3 is 2.81 bits per heavy atom. The molecule has 6 nitrogen and oxygen atoms in total. The van der Waals surface area contributed by atoms with Crippen LogP contribution in [-0.4, -0.2) is 53.1 Å². The lowest BCUT2D eigenvalue weighted by molar-refractivity contribution is -0.242. The van der Waals surface area contributed by atoms with E-state index in [-0.39, 0.29) is 6.61 Å². The van der Waals surface area contributed by atoms with Gasteiger partial charge in [0.15, 0.2) is 0 Å². The van der Waals surface area contributed by atoms with Gasteiger partial charge in [-0.3, -0.25) is 0 Å². The molecular weight excluding hydrogens is 276 g/mol. The van der Waals surface area contributed by atoms with Gasteiger partial charge in [0.2, 0.25) is 6.29 Å². The zero-order chi connectivity index (χ0) is 15.0. The Morgan fingerprint density at radius 1 is 1.19 bits per heavy atom. The minimum absolute atomic E-state index is 0.0911. The summed E-state index contributed by atoms with van der Waals surface area (Å²) in [7, 11) is 0. The van der Waals surface area contributed by atoms with Crippen LogP contribution in [-0.2, 0) is 4.74 Å². The van der Waals surface area contributed by atoms with Crippen molar-refractivity contribution in [2.45, 2.75) is 31.5 Å². The van der Waals surface area contributed by atoms with Gasteiger partial charge in [0.25, 0.3) is 0 Å². The predicted molar refractivity (Wildman–Crippen MR) is 74.0 cm³/mol. The lowest BCUT2D eigenvalue weighted by atomic mass is 10.0. The molecule has 4 atom stereocenters. The molecule has 3 N–H and O–H groups in total. The molecule has 3 rings (SSSR count). The van der Waals surface area contributed by atoms with Crippen molar-refractivity contribution in [2.24, 2.45) is 0 Å². The monoisotopic (exact) mass is 294 g/mol. The Kier molecular flexibility index (Phi) is 3.86. The third kappa shape index (κ3) is 2.75. The van der Waals surface area contributed by atoms with Crippen molar-refractivity contribution in [3.8, 4) is 11.5 Å². The van der Waals surface area contributed by atoms with Crippen molar-refractivity contribution < 1.29 is 29.5 Å². The van der Waals surface area contributed by atoms with Gasteiger partial charge in [-0.1, -0.05) is 0 Å². The molecule has 2 heterocycles. The molecule has 6 heteroatoms. The lowest BCUT2D eigenvalue weighted by Gasteiger charge is -2.35. The van der Waals surface area contributed by atoms with Crippen LogP contribution < -0.4 is 9.47 Å². The molecule has 1 aromatic rings. The number of benzene rings is 1. The zero-order valence-corrected chi connectivity index (χ0v) is 11.6. The zero-order valence-electron chi connectivity index (χ0n) is 11.6. The van der Waals surface area contributed by atoms with E-state index in [1.165, 1.54) is 0 Å². The number of fused-ring (bicyclic) bond motifs is 1. The highest BCUT2D eigenvalue weighted by atomic mass is 16.7. The Morgan fingerprint density at radius 2 is 2.00 bits per heavy atom. The average molecular weight is 294 g/mol. The molecule has 0 aliphatic carbocycles. The Labute approximate surface area is 122 Å². The van der Waals surface area contributed by atoms with Crippen molar-refractivity contribution in [2.75, 3.05) is 13.2 Å². The maximum absolute atomic E-state index is 9.85. The molecule has 0 bridgehead atoms. The number of aliphatic hydroxyl groups is 3. The van der Waals surface area contributed by atoms with Gasteiger partial charge in [0.1, 0.15) is 36.4 Å². The highest BCUT2D eigenvalue weighted by Gasteiger charge is 2.39. The topological polar surface area (TPSA) is 88.4 Å². The molecule has 0 aromatic heterocycles. The Bertz CT molecular complexity index is 555. The predicted octanol–water partition coefficient (Wildman–Crippen LogP) is 0.300. The summed E-state index contributed by atoms with van der Waals surface area (Å²) in [6, 6.07) is 5.34. The molecule has 2 aliphatic rings. The maximum Gasteiger partial charge on any atom is 0.228 e. The minimum atomic E-state index is -1.31. The summed E-state index contributed by atoms with van der Waals surface area (Å²) in [5, 5.41) is 28.9. The molecule has 0 saturated carbocycles. The maximum atomic E-state index is 9.85. The van der Waals surface area contributed by atoms with E-state index in [2.05, 4.69) is 0 Å². The van der Waals surface area contributed by atoms with Crippen molar-refractivity contribution >= 4 is 5.57 Å². The van der Waals surface area contributed by atoms with Crippen LogP contribution in [0.15, 0.2) is 24.3 Å². The summed E-state index contributed by atoms with van der Waals surface area (Å²) in [5.41, 5.74) is 2.13. The highest BCUT2D eigenvalue weighted by molar-refractivity contribution is 5.71. The van der Waals surface area contributed by atoms with Crippen LogP contribution in [0.1, 0.15) is 12.5 Å². The summed E-state index contributed by atoms with van der Waals surface area (Å²) in [5.74, 6) is 1.18. The molecule has 1 fully saturated rings. The first-order valence-corrected chi connectivity index (χ1v) is 6.82. The molecule has 21 heavy (non-hydrogen) atoms. The number of hydrogen-bond donors (Lipinski definition) is 3. The normalized spacial score (nSPS) is 31.9. The van der Waals surface area contributed by atoms with Crippen molar-refractivity contribution in [1.82, 2.24) is 0 Å². The van der Waals surface area contributed by atoms with E-state index in [1.54, 1.807) is 12.1 Å². The smallest absolute Gasteiger partial charge is 0.228 e. The molecule has 2 aliphatic heterocycles. The average Bonchev–Trinajstić information content (AvgIpc) is 2.48. The first-order chi connectivity index (χ1) is 10.1. The van der Waals surface area contributed by atoms with Crippen LogP contribution in [0.25, 0.3) is 5.57 Å². The van der Waals surface area contributed by atoms with Gasteiger partial charge in [-0.05, 0) is 30.7 Å². The van der Waals surface area contributed by atoms with Crippen molar-refractivity contribution in [1.29, 1.82) is 0 Å². The fourth-order valence-corrected chi connectivity index (χ4v) is 2.40. The first kappa shape index (κ1) is 14.3. The van der Waals surface area contributed by atoms with E-state index >= 15 is 0 Å². The van der Waals surface area contributed by atoms with E-state index in [0.717, 1.165) is 11.1 Å². The fourth-order valence-electron chi connectivity index (χ4n) is 2.40. The molecule has 114 valence electrons. The van der Waals surface area contributed by atoms with Gasteiger partial charge in [-0.2, -0.15) is 0 Å². The van der Waals surface area contributed by atoms with Crippen LogP contribution in [0.4, 0.5) is 0 Å². The number of rotatable bonds is 2. The number of hydrogen-bond acceptors (Lipinski definition) is 6. The van der Waals surface area contributed by atoms with Gasteiger partial charge < -0.3 is 29.5 Å². The van der Waals surface area contributed by atoms with Gasteiger partial charge >= 0.3 is 0 Å². The summed E-state index contributed by atoms with van der Waals surface area (Å²) >= 11 is 0. The largest absolute Gasteiger partial charge is 0.489 e. The van der Waals surface area contributed by atoms with Gasteiger partial charge in [-0.15, -0.1) is 0 Å². The second-order valence-electron chi connectivity index (χ2n) is 5.22. The molecule has 0 amide bonds. The van der Waals surface area contributed by atoms with Crippen LogP contribution >= 0.6 is 0 Å². The molecule has 0 spiro atoms. The van der Waals surface area contributed by atoms with Gasteiger partial charge in [0.05, 0.1) is 6.61 Å². The first-order valence-electron chi connectivity index (χ1n) is 6.82. The summed E-state index contributed by atoms with van der Waals surface area (Å²) in [6.07, 6.45) is -2.74. The number of allylic oxidation sites excluding steroid dienone is 1. The second kappa shape index (κ2) is 5.65. The molecule has 1 aromatic carbocycles. The fraction of sp³-hybridized carbons (Fsp3) is 0.467. The van der Waals surface area contributed by atoms with Gasteiger partial charge in [-0.25, -0.2) is 0 Å². The number of ether oxygens (including phenoxy) is 3. The van der Waals surface area contributed by atoms with E-state index in [1.807, 2.05) is 19.1 Å². The highest BCUT2D eigenvalue weighted by Crippen LogP contribution is 2.33. The second-order valence-corrected chi connectivity index (χ2v) is 5.22. The lowest BCUT2D eigenvalue weighted by Crippen LogP contribution is -2.54. The SMILES string of the molecule is CC1=CCOc2cc(O[C@@H]3OC[C@@H](O)[C@H](O)[C@H]3O)ccc21. The van der Waals surface area contributed by atoms with E-state index < -0.39 is 24.6 Å². The van der Waals surface area contributed by atoms with Crippen molar-refractivity contribution in [3.63, 3.8) is 0 Å². The Balaban J connectivity index is 1.75. The standard InChI is InChI=1S/C15H18O6/c1-8-4-5-19-12-6-9(2-3-10(8)12)21-15-14(18)13(17)11(16)7-20-15/h2-4,6,11,13-18H,5,7H2,1H3/t11-,13+,14-,15+/m1/s1. The van der Waals surface area contributed by atoms with E-state index in [9.17, 15) is 15.3 Å². The molecule has 0 unspecified atom stereocenters. The van der Waals surface area contributed by atoms with E-state index in [0.29, 0.717) is 18.1 Å². The van der Waals surface area contributed by atoms with Gasteiger partial charge in [0, 0.05) is 11.6 Å². The molecular formula is C15H18O6. The summed E-state index contributed by atoms with van der Waals surface area (Å²) in [4.78, 5) is 0. The Hall–Kier alpha value is -1.60. The minimum Gasteiger partial charge on any atom is -0.489 e. The summed E-state index contributed by atoms with van der Waals surface area (Å²) < 4.78 is 16.3. The third-order valence-electron chi connectivity index (χ3n) is 3.71. The van der Waals surface area contributed by atoms with Crippen LogP contribution in [0, 0.1) is 0 Å². The quantitative estimate of drug-likeness (QED) is 0.727. The molecule has 1 saturated heterocycles. The van der Waals surface area contributed by atoms with Crippen molar-refractivity contribution in [3.05, 3.63) is 29.8 Å². The van der Waals surface area contributed by atoms with E-state index in [4.69, 9.17) is 14.2 Å². The third-order valence-corrected chi connectivity index (χ3v) is 3.71. The number of aliphatic hydroxyl groups excluding tert-OH is 3. The summed E-state index contributed by atoms with van der Waals surface area (Å²) in [6.45, 7) is 2.43. The van der Waals surface area contributed by atoms with Crippen LogP contribution in [0.5, 0.6) is 11.5 Å². The molecule has 0 radical (unpaired) electrons. The van der Waals surface area contributed by atoms with Crippen LogP contribution in [0.3, 0.4) is 0 Å².